The smallest absolute Gasteiger partial charge is 0.239 e. The van der Waals surface area contributed by atoms with Crippen molar-refractivity contribution < 1.29 is 9.32 Å². The molecule has 29 heavy (non-hydrogen) atoms. The highest BCUT2D eigenvalue weighted by atomic mass is 16.5. The van der Waals surface area contributed by atoms with E-state index in [0.717, 1.165) is 22.3 Å². The maximum absolute atomic E-state index is 12.6. The molecule has 0 aliphatic carbocycles. The lowest BCUT2D eigenvalue weighted by atomic mass is 9.98. The predicted octanol–water partition coefficient (Wildman–Crippen LogP) is 4.04. The number of nitrogens with one attached hydrogen (secondary N) is 1. The van der Waals surface area contributed by atoms with Crippen molar-refractivity contribution in [3.8, 4) is 22.4 Å². The van der Waals surface area contributed by atoms with Gasteiger partial charge in [-0.25, -0.2) is 0 Å². The minimum absolute atomic E-state index is 0.179. The van der Waals surface area contributed by atoms with Gasteiger partial charge in [-0.1, -0.05) is 59.8 Å². The molecule has 1 amide bonds. The van der Waals surface area contributed by atoms with E-state index < -0.39 is 0 Å². The van der Waals surface area contributed by atoms with Crippen molar-refractivity contribution in [2.45, 2.75) is 13.0 Å². The van der Waals surface area contributed by atoms with E-state index in [9.17, 15) is 4.79 Å². The van der Waals surface area contributed by atoms with Crippen molar-refractivity contribution in [1.29, 1.82) is 0 Å². The van der Waals surface area contributed by atoms with Gasteiger partial charge in [-0.3, -0.25) is 15.1 Å². The molecule has 2 aromatic heterocycles. The fourth-order valence-corrected chi connectivity index (χ4v) is 3.23. The molecule has 0 atom stereocenters. The Kier molecular flexibility index (Phi) is 5.45. The molecule has 0 spiro atoms. The Hall–Kier alpha value is -3.77. The quantitative estimate of drug-likeness (QED) is 0.523. The fraction of sp³-hybridized carbons (Fsp3) is 0.0870. The van der Waals surface area contributed by atoms with E-state index in [0.29, 0.717) is 23.7 Å². The summed E-state index contributed by atoms with van der Waals surface area (Å²) in [6.07, 6.45) is 3.62. The summed E-state index contributed by atoms with van der Waals surface area (Å²) in [5.74, 6) is 0.125. The Labute approximate surface area is 168 Å². The number of rotatable bonds is 6. The van der Waals surface area contributed by atoms with E-state index in [1.165, 1.54) is 0 Å². The molecular weight excluding hydrogens is 364 g/mol. The molecule has 0 saturated carbocycles. The molecule has 0 unspecified atom stereocenters. The van der Waals surface area contributed by atoms with Crippen LogP contribution >= 0.6 is 0 Å². The third-order valence-corrected chi connectivity index (χ3v) is 4.61. The first-order valence-corrected chi connectivity index (χ1v) is 9.28. The largest absolute Gasteiger partial charge is 0.337 e. The molecule has 0 aliphatic rings. The second-order valence-corrected chi connectivity index (χ2v) is 6.54. The Morgan fingerprint density at radius 2 is 1.69 bits per heavy atom. The van der Waals surface area contributed by atoms with Crippen molar-refractivity contribution in [1.82, 2.24) is 10.1 Å². The lowest BCUT2D eigenvalue weighted by molar-refractivity contribution is -0.115. The lowest BCUT2D eigenvalue weighted by Gasteiger charge is -2.08. The van der Waals surface area contributed by atoms with E-state index in [1.807, 2.05) is 66.7 Å². The predicted molar refractivity (Wildman–Crippen MR) is 112 cm³/mol. The number of hydrogen-bond donors (Lipinski definition) is 2. The maximum atomic E-state index is 12.6. The van der Waals surface area contributed by atoms with Gasteiger partial charge in [-0.05, 0) is 28.8 Å². The first-order chi connectivity index (χ1) is 14.3. The molecule has 0 aliphatic heterocycles. The van der Waals surface area contributed by atoms with Crippen LogP contribution in [0.25, 0.3) is 22.4 Å². The topological polar surface area (TPSA) is 94.0 Å². The number of benzene rings is 2. The highest BCUT2D eigenvalue weighted by Gasteiger charge is 2.22. The molecule has 144 valence electrons. The molecule has 6 nitrogen and oxygen atoms in total. The van der Waals surface area contributed by atoms with E-state index in [-0.39, 0.29) is 12.3 Å². The van der Waals surface area contributed by atoms with Gasteiger partial charge in [-0.15, -0.1) is 0 Å². The summed E-state index contributed by atoms with van der Waals surface area (Å²) in [7, 11) is 0. The van der Waals surface area contributed by atoms with Gasteiger partial charge in [0.1, 0.15) is 5.69 Å². The number of carbonyl (C=O) groups is 1. The zero-order chi connectivity index (χ0) is 20.1. The highest BCUT2D eigenvalue weighted by molar-refractivity contribution is 5.98. The van der Waals surface area contributed by atoms with Gasteiger partial charge in [0, 0.05) is 24.5 Å². The summed E-state index contributed by atoms with van der Waals surface area (Å²) >= 11 is 0. The molecule has 0 radical (unpaired) electrons. The molecule has 3 N–H and O–H groups in total. The van der Waals surface area contributed by atoms with Crippen LogP contribution in [0.5, 0.6) is 0 Å². The van der Waals surface area contributed by atoms with Crippen LogP contribution in [0.4, 0.5) is 5.88 Å². The van der Waals surface area contributed by atoms with Crippen LogP contribution in [-0.4, -0.2) is 16.0 Å². The number of nitrogens with zero attached hydrogens (tertiary/aromatic N) is 2. The monoisotopic (exact) mass is 384 g/mol. The Bertz CT molecular complexity index is 1110. The normalized spacial score (nSPS) is 10.7. The number of amides is 1. The summed E-state index contributed by atoms with van der Waals surface area (Å²) in [5.41, 5.74) is 10.8. The average Bonchev–Trinajstić information content (AvgIpc) is 3.18. The van der Waals surface area contributed by atoms with Gasteiger partial charge in [0.15, 0.2) is 0 Å². The molecule has 0 fully saturated rings. The third kappa shape index (κ3) is 4.07. The molecule has 6 heteroatoms. The number of nitrogens with two attached hydrogens (primary N) is 1. The summed E-state index contributed by atoms with van der Waals surface area (Å²) in [5, 5.41) is 7.13. The number of hydrogen-bond acceptors (Lipinski definition) is 5. The Morgan fingerprint density at radius 3 is 2.45 bits per heavy atom. The van der Waals surface area contributed by atoms with E-state index in [2.05, 4.69) is 15.5 Å². The van der Waals surface area contributed by atoms with Crippen molar-refractivity contribution in [3.63, 3.8) is 0 Å². The molecule has 0 bridgehead atoms. The highest BCUT2D eigenvalue weighted by Crippen LogP contribution is 2.38. The summed E-state index contributed by atoms with van der Waals surface area (Å²) < 4.78 is 5.57. The number of anilines is 1. The van der Waals surface area contributed by atoms with Crippen LogP contribution in [0.15, 0.2) is 83.6 Å². The molecule has 0 saturated heterocycles. The second-order valence-electron chi connectivity index (χ2n) is 6.54. The van der Waals surface area contributed by atoms with E-state index in [1.54, 1.807) is 12.4 Å². The first-order valence-electron chi connectivity index (χ1n) is 9.28. The van der Waals surface area contributed by atoms with Crippen LogP contribution in [0.2, 0.25) is 0 Å². The van der Waals surface area contributed by atoms with Crippen LogP contribution < -0.4 is 11.1 Å². The molecule has 4 rings (SSSR count). The molecule has 2 aromatic carbocycles. The molecular formula is C23H20N4O2. The first kappa shape index (κ1) is 18.6. The van der Waals surface area contributed by atoms with Crippen LogP contribution in [0.1, 0.15) is 11.1 Å². The molecule has 2 heterocycles. The Morgan fingerprint density at radius 1 is 0.966 bits per heavy atom. The van der Waals surface area contributed by atoms with Crippen molar-refractivity contribution in [3.05, 3.63) is 90.3 Å². The minimum Gasteiger partial charge on any atom is -0.337 e. The average molecular weight is 384 g/mol. The standard InChI is InChI=1S/C23H20N4O2/c24-15-18-8-4-5-9-19(18)22-21(17-10-12-25-13-11-17)23(29-27-22)26-20(28)14-16-6-2-1-3-7-16/h1-13H,14-15,24H2,(H,26,28). The number of aromatic nitrogens is 2. The van der Waals surface area contributed by atoms with Crippen LogP contribution in [-0.2, 0) is 17.8 Å². The van der Waals surface area contributed by atoms with Crippen molar-refractivity contribution in [2.75, 3.05) is 5.32 Å². The third-order valence-electron chi connectivity index (χ3n) is 4.61. The zero-order valence-corrected chi connectivity index (χ0v) is 15.7. The van der Waals surface area contributed by atoms with Crippen molar-refractivity contribution >= 4 is 11.8 Å². The minimum atomic E-state index is -0.179. The second kappa shape index (κ2) is 8.50. The molecule has 4 aromatic rings. The lowest BCUT2D eigenvalue weighted by Crippen LogP contribution is -2.14. The van der Waals surface area contributed by atoms with Gasteiger partial charge >= 0.3 is 0 Å². The van der Waals surface area contributed by atoms with Gasteiger partial charge in [-0.2, -0.15) is 0 Å². The van der Waals surface area contributed by atoms with Gasteiger partial charge in [0.05, 0.1) is 12.0 Å². The van der Waals surface area contributed by atoms with Gasteiger partial charge in [0.2, 0.25) is 11.8 Å². The van der Waals surface area contributed by atoms with E-state index in [4.69, 9.17) is 10.3 Å². The summed E-state index contributed by atoms with van der Waals surface area (Å²) in [6.45, 7) is 0.370. The zero-order valence-electron chi connectivity index (χ0n) is 15.7. The SMILES string of the molecule is NCc1ccccc1-c1noc(NC(=O)Cc2ccccc2)c1-c1ccncc1. The van der Waals surface area contributed by atoms with E-state index >= 15 is 0 Å². The van der Waals surface area contributed by atoms with Crippen LogP contribution in [0, 0.1) is 0 Å². The fourth-order valence-electron chi connectivity index (χ4n) is 3.23. The number of pyridine rings is 1. The Balaban J connectivity index is 1.73. The van der Waals surface area contributed by atoms with Crippen LogP contribution in [0.3, 0.4) is 0 Å². The maximum Gasteiger partial charge on any atom is 0.239 e. The summed E-state index contributed by atoms with van der Waals surface area (Å²) in [6, 6.07) is 21.0. The van der Waals surface area contributed by atoms with Gasteiger partial charge < -0.3 is 10.3 Å². The number of carbonyl (C=O) groups excluding carboxylic acids is 1. The van der Waals surface area contributed by atoms with Crippen molar-refractivity contribution in [2.24, 2.45) is 5.73 Å². The van der Waals surface area contributed by atoms with Gasteiger partial charge in [0.25, 0.3) is 0 Å². The summed E-state index contributed by atoms with van der Waals surface area (Å²) in [4.78, 5) is 16.7.